The molecule has 10 unspecified atom stereocenters. The second kappa shape index (κ2) is 11.5. The third-order valence-corrected chi connectivity index (χ3v) is 15.7. The van der Waals surface area contributed by atoms with E-state index < -0.39 is 11.4 Å². The number of rotatable bonds is 6. The van der Waals surface area contributed by atoms with E-state index in [1.165, 1.54) is 51.4 Å². The molecule has 5 fully saturated rings. The van der Waals surface area contributed by atoms with Crippen molar-refractivity contribution in [3.05, 3.63) is 36.0 Å². The van der Waals surface area contributed by atoms with Crippen LogP contribution in [0.1, 0.15) is 125 Å². The largest absolute Gasteiger partial charge is 0.506 e. The van der Waals surface area contributed by atoms with Gasteiger partial charge in [-0.3, -0.25) is 9.59 Å². The van der Waals surface area contributed by atoms with Crippen LogP contribution in [0.5, 0.6) is 5.75 Å². The summed E-state index contributed by atoms with van der Waals surface area (Å²) in [4.78, 5) is 29.8. The Hall–Kier alpha value is -2.63. The Bertz CT molecular complexity index is 1600. The number of phenolic OH excluding ortho intramolecular Hbond substituents is 1. The second-order valence-corrected chi connectivity index (χ2v) is 19.0. The number of carbonyl (C=O) groups excluding carboxylic acids is 1. The van der Waals surface area contributed by atoms with Crippen LogP contribution in [0.15, 0.2) is 30.3 Å². The summed E-state index contributed by atoms with van der Waals surface area (Å²) in [6.07, 6.45) is 12.9. The lowest BCUT2D eigenvalue weighted by Gasteiger charge is -2.69. The van der Waals surface area contributed by atoms with E-state index in [0.29, 0.717) is 22.7 Å². The quantitative estimate of drug-likeness (QED) is 0.300. The fourth-order valence-electron chi connectivity index (χ4n) is 13.5. The summed E-state index contributed by atoms with van der Waals surface area (Å²) in [6, 6.07) is 10.0. The molecule has 1 aromatic heterocycles. The molecule has 1 heterocycles. The molecule has 2 N–H and O–H groups in total. The number of para-hydroxylation sites is 1. The van der Waals surface area contributed by atoms with Crippen LogP contribution in [0.3, 0.4) is 0 Å². The summed E-state index contributed by atoms with van der Waals surface area (Å²) in [5, 5.41) is 21.1. The maximum Gasteiger partial charge on any atom is 0.309 e. The summed E-state index contributed by atoms with van der Waals surface area (Å²) in [5.74, 6) is 3.04. The smallest absolute Gasteiger partial charge is 0.309 e. The molecule has 48 heavy (non-hydrogen) atoms. The number of ether oxygens (including phenoxy) is 1. The Balaban J connectivity index is 1.11. The SMILES string of the molecule is CC1CCC2(Cc3ccc4cccc(O)c4n3)CCC3C(CCC4C3(C)CCC3C(C)(C)C(OC(=O)CC(C)(C)C(=O)O)CCC34C)C12. The third kappa shape index (κ3) is 5.12. The van der Waals surface area contributed by atoms with Gasteiger partial charge in [0.1, 0.15) is 17.4 Å². The Morgan fingerprint density at radius 3 is 2.38 bits per heavy atom. The second-order valence-electron chi connectivity index (χ2n) is 19.0. The monoisotopic (exact) mass is 657 g/mol. The normalized spacial score (nSPS) is 40.3. The molecule has 10 atom stereocenters. The number of nitrogens with zero attached hydrogens (tertiary/aromatic N) is 1. The Morgan fingerprint density at radius 2 is 1.62 bits per heavy atom. The molecular formula is C42H59NO5. The van der Waals surface area contributed by atoms with Crippen LogP contribution in [0, 0.1) is 62.6 Å². The van der Waals surface area contributed by atoms with E-state index in [1.807, 2.05) is 12.1 Å². The number of carbonyl (C=O) groups is 2. The predicted molar refractivity (Wildman–Crippen MR) is 188 cm³/mol. The minimum atomic E-state index is -1.13. The highest BCUT2D eigenvalue weighted by Crippen LogP contribution is 2.73. The number of aliphatic carboxylic acids is 1. The van der Waals surface area contributed by atoms with Crippen molar-refractivity contribution < 1.29 is 24.5 Å². The van der Waals surface area contributed by atoms with Gasteiger partial charge in [-0.1, -0.05) is 52.8 Å². The van der Waals surface area contributed by atoms with E-state index >= 15 is 0 Å². The number of pyridine rings is 1. The Labute approximate surface area is 287 Å². The molecule has 5 aliphatic carbocycles. The lowest BCUT2D eigenvalue weighted by Crippen LogP contribution is -2.63. The summed E-state index contributed by atoms with van der Waals surface area (Å²) in [6.45, 7) is 15.6. The molecule has 5 aliphatic rings. The van der Waals surface area contributed by atoms with Gasteiger partial charge in [0.25, 0.3) is 0 Å². The number of aromatic nitrogens is 1. The van der Waals surface area contributed by atoms with Gasteiger partial charge in [-0.15, -0.1) is 0 Å². The zero-order valence-electron chi connectivity index (χ0n) is 30.5. The van der Waals surface area contributed by atoms with Crippen molar-refractivity contribution in [2.75, 3.05) is 0 Å². The van der Waals surface area contributed by atoms with E-state index in [0.717, 1.165) is 59.5 Å². The van der Waals surface area contributed by atoms with Crippen molar-refractivity contribution in [3.8, 4) is 5.75 Å². The summed E-state index contributed by atoms with van der Waals surface area (Å²) in [7, 11) is 0. The van der Waals surface area contributed by atoms with E-state index in [2.05, 4.69) is 46.8 Å². The highest BCUT2D eigenvalue weighted by atomic mass is 16.5. The molecule has 6 nitrogen and oxygen atoms in total. The number of benzene rings is 1. The van der Waals surface area contributed by atoms with Crippen LogP contribution in [-0.2, 0) is 20.7 Å². The number of esters is 1. The number of fused-ring (bicyclic) bond motifs is 8. The number of hydrogen-bond acceptors (Lipinski definition) is 5. The van der Waals surface area contributed by atoms with Crippen LogP contribution < -0.4 is 0 Å². The summed E-state index contributed by atoms with van der Waals surface area (Å²) < 4.78 is 6.16. The number of carboxylic acid groups (broad SMARTS) is 1. The minimum absolute atomic E-state index is 0.0961. The Kier molecular flexibility index (Phi) is 8.08. The fourth-order valence-corrected chi connectivity index (χ4v) is 13.5. The van der Waals surface area contributed by atoms with Crippen LogP contribution >= 0.6 is 0 Å². The Morgan fingerprint density at radius 1 is 0.896 bits per heavy atom. The third-order valence-electron chi connectivity index (χ3n) is 15.7. The topological polar surface area (TPSA) is 96.7 Å². The average molecular weight is 658 g/mol. The van der Waals surface area contributed by atoms with Crippen molar-refractivity contribution in [3.63, 3.8) is 0 Å². The highest BCUT2D eigenvalue weighted by Gasteiger charge is 2.67. The van der Waals surface area contributed by atoms with E-state index in [9.17, 15) is 19.8 Å². The fraction of sp³-hybridized carbons (Fsp3) is 0.738. The molecule has 0 bridgehead atoms. The number of aromatic hydroxyl groups is 1. The van der Waals surface area contributed by atoms with Crippen molar-refractivity contribution in [2.24, 2.45) is 62.6 Å². The first-order valence-corrected chi connectivity index (χ1v) is 19.0. The van der Waals surface area contributed by atoms with Gasteiger partial charge in [0.2, 0.25) is 0 Å². The number of hydrogen-bond donors (Lipinski definition) is 2. The molecule has 0 aliphatic heterocycles. The van der Waals surface area contributed by atoms with Gasteiger partial charge in [0.15, 0.2) is 0 Å². The van der Waals surface area contributed by atoms with E-state index in [1.54, 1.807) is 19.9 Å². The molecule has 0 saturated heterocycles. The van der Waals surface area contributed by atoms with Crippen LogP contribution in [0.2, 0.25) is 0 Å². The summed E-state index contributed by atoms with van der Waals surface area (Å²) >= 11 is 0. The van der Waals surface area contributed by atoms with Gasteiger partial charge in [0, 0.05) is 16.5 Å². The molecule has 0 spiro atoms. The lowest BCUT2D eigenvalue weighted by atomic mass is 9.36. The predicted octanol–water partition coefficient (Wildman–Crippen LogP) is 9.61. The van der Waals surface area contributed by atoms with Crippen molar-refractivity contribution in [1.29, 1.82) is 0 Å². The van der Waals surface area contributed by atoms with Gasteiger partial charge < -0.3 is 14.9 Å². The van der Waals surface area contributed by atoms with Gasteiger partial charge in [-0.05, 0) is 148 Å². The number of carboxylic acids is 1. The van der Waals surface area contributed by atoms with Crippen molar-refractivity contribution in [2.45, 2.75) is 132 Å². The van der Waals surface area contributed by atoms with Gasteiger partial charge >= 0.3 is 11.9 Å². The standard InChI is InChI=1S/C42H59NO5/c1-25-15-21-42(23-27-12-11-26-9-8-10-30(44)36(26)43-27)22-16-29-28(35(25)42)13-14-32-40(29,6)19-17-31-39(4,5)33(18-20-41(31,32)7)48-34(45)24-38(2,3)37(46)47/h8-12,25,28-29,31-33,35,44H,13-24H2,1-7H3,(H,46,47). The van der Waals surface area contributed by atoms with Crippen LogP contribution in [-0.4, -0.2) is 33.2 Å². The molecule has 1 aromatic carbocycles. The van der Waals surface area contributed by atoms with Crippen LogP contribution in [0.4, 0.5) is 0 Å². The van der Waals surface area contributed by atoms with E-state index in [-0.39, 0.29) is 35.1 Å². The van der Waals surface area contributed by atoms with Crippen LogP contribution in [0.25, 0.3) is 10.9 Å². The number of phenols is 1. The first-order valence-electron chi connectivity index (χ1n) is 19.0. The maximum absolute atomic E-state index is 13.0. The molecule has 0 amide bonds. The average Bonchev–Trinajstić information content (AvgIpc) is 3.34. The molecule has 0 radical (unpaired) electrons. The molecule has 7 rings (SSSR count). The minimum Gasteiger partial charge on any atom is -0.506 e. The first-order chi connectivity index (χ1) is 22.5. The molecule has 2 aromatic rings. The zero-order valence-corrected chi connectivity index (χ0v) is 30.5. The zero-order chi connectivity index (χ0) is 34.4. The van der Waals surface area contributed by atoms with Crippen molar-refractivity contribution >= 4 is 22.8 Å². The van der Waals surface area contributed by atoms with E-state index in [4.69, 9.17) is 9.72 Å². The highest BCUT2D eigenvalue weighted by molar-refractivity contribution is 5.84. The molecular weight excluding hydrogens is 598 g/mol. The van der Waals surface area contributed by atoms with Gasteiger partial charge in [-0.25, -0.2) is 4.98 Å². The maximum atomic E-state index is 13.0. The van der Waals surface area contributed by atoms with Gasteiger partial charge in [0.05, 0.1) is 11.8 Å². The molecule has 5 saturated carbocycles. The lowest BCUT2D eigenvalue weighted by molar-refractivity contribution is -0.223. The molecule has 6 heteroatoms. The molecule has 262 valence electrons. The van der Waals surface area contributed by atoms with Crippen molar-refractivity contribution in [1.82, 2.24) is 4.98 Å². The summed E-state index contributed by atoms with van der Waals surface area (Å²) in [5.41, 5.74) is 1.42. The van der Waals surface area contributed by atoms with Gasteiger partial charge in [-0.2, -0.15) is 0 Å². The first kappa shape index (κ1) is 33.8.